The monoisotopic (exact) mass is 175 g/mol. The van der Waals surface area contributed by atoms with Crippen LogP contribution in [0.4, 0.5) is 0 Å². The maximum Gasteiger partial charge on any atom is -0.0103 e. The highest BCUT2D eigenvalue weighted by atomic mass is 14.5. The number of rotatable bonds is 5. The van der Waals surface area contributed by atoms with E-state index >= 15 is 0 Å². The van der Waals surface area contributed by atoms with Gasteiger partial charge in [0.25, 0.3) is 0 Å². The van der Waals surface area contributed by atoms with Gasteiger partial charge in [0.1, 0.15) is 0 Å². The van der Waals surface area contributed by atoms with Crippen molar-refractivity contribution in [2.45, 2.75) is 25.7 Å². The van der Waals surface area contributed by atoms with Gasteiger partial charge < -0.3 is 5.73 Å². The molecule has 0 spiro atoms. The number of benzene rings is 1. The topological polar surface area (TPSA) is 26.0 Å². The highest BCUT2D eigenvalue weighted by Crippen LogP contribution is 2.05. The molecule has 1 nitrogen and oxygen atoms in total. The van der Waals surface area contributed by atoms with Gasteiger partial charge in [0.05, 0.1) is 0 Å². The van der Waals surface area contributed by atoms with Crippen LogP contribution in [-0.2, 0) is 6.42 Å². The third-order valence-corrected chi connectivity index (χ3v) is 2.07. The second kappa shape index (κ2) is 6.30. The molecule has 0 bridgehead atoms. The van der Waals surface area contributed by atoms with E-state index in [1.165, 1.54) is 24.8 Å². The van der Waals surface area contributed by atoms with E-state index in [1.54, 1.807) is 6.20 Å². The summed E-state index contributed by atoms with van der Waals surface area (Å²) >= 11 is 0. The van der Waals surface area contributed by atoms with Crippen molar-refractivity contribution in [3.8, 4) is 0 Å². The molecule has 1 rings (SSSR count). The lowest BCUT2D eigenvalue weighted by Crippen LogP contribution is -1.84. The van der Waals surface area contributed by atoms with E-state index in [1.807, 2.05) is 6.08 Å². The normalized spacial score (nSPS) is 10.8. The van der Waals surface area contributed by atoms with E-state index in [-0.39, 0.29) is 0 Å². The molecular formula is C12H17N. The van der Waals surface area contributed by atoms with E-state index in [2.05, 4.69) is 30.3 Å². The van der Waals surface area contributed by atoms with Crippen LogP contribution in [0.3, 0.4) is 0 Å². The van der Waals surface area contributed by atoms with Gasteiger partial charge in [-0.25, -0.2) is 0 Å². The first-order valence-corrected chi connectivity index (χ1v) is 4.84. The molecule has 0 aromatic heterocycles. The molecule has 2 N–H and O–H groups in total. The Bertz CT molecular complexity index is 239. The lowest BCUT2D eigenvalue weighted by atomic mass is 10.1. The fraction of sp³-hybridized carbons (Fsp3) is 0.333. The van der Waals surface area contributed by atoms with Gasteiger partial charge in [-0.1, -0.05) is 36.4 Å². The Balaban J connectivity index is 2.13. The van der Waals surface area contributed by atoms with E-state index in [9.17, 15) is 0 Å². The molecule has 13 heavy (non-hydrogen) atoms. The zero-order chi connectivity index (χ0) is 9.36. The molecule has 0 saturated heterocycles. The molecule has 0 saturated carbocycles. The second-order valence-corrected chi connectivity index (χ2v) is 3.16. The third-order valence-electron chi connectivity index (χ3n) is 2.07. The summed E-state index contributed by atoms with van der Waals surface area (Å²) in [7, 11) is 0. The number of nitrogens with two attached hydrogens (primary N) is 1. The van der Waals surface area contributed by atoms with E-state index in [4.69, 9.17) is 5.73 Å². The van der Waals surface area contributed by atoms with E-state index in [0.717, 1.165) is 6.42 Å². The van der Waals surface area contributed by atoms with Crippen molar-refractivity contribution in [2.75, 3.05) is 0 Å². The molecule has 1 aromatic rings. The van der Waals surface area contributed by atoms with Crippen molar-refractivity contribution in [2.24, 2.45) is 5.73 Å². The molecule has 0 unspecified atom stereocenters. The summed E-state index contributed by atoms with van der Waals surface area (Å²) < 4.78 is 0. The summed E-state index contributed by atoms with van der Waals surface area (Å²) in [5, 5.41) is 0. The van der Waals surface area contributed by atoms with Crippen molar-refractivity contribution in [1.82, 2.24) is 0 Å². The van der Waals surface area contributed by atoms with Crippen LogP contribution in [0.1, 0.15) is 24.8 Å². The Hall–Kier alpha value is -1.24. The predicted molar refractivity (Wildman–Crippen MR) is 57.3 cm³/mol. The van der Waals surface area contributed by atoms with Crippen LogP contribution in [0.2, 0.25) is 0 Å². The minimum atomic E-state index is 1.10. The molecule has 0 aliphatic heterocycles. The van der Waals surface area contributed by atoms with Crippen LogP contribution in [0.15, 0.2) is 42.6 Å². The van der Waals surface area contributed by atoms with Crippen molar-refractivity contribution in [3.05, 3.63) is 48.2 Å². The Morgan fingerprint density at radius 3 is 2.54 bits per heavy atom. The van der Waals surface area contributed by atoms with Crippen LogP contribution in [0.25, 0.3) is 0 Å². The summed E-state index contributed by atoms with van der Waals surface area (Å²) in [5.74, 6) is 0. The molecule has 0 aliphatic rings. The molecule has 0 amide bonds. The van der Waals surface area contributed by atoms with Crippen LogP contribution in [0, 0.1) is 0 Å². The molecule has 0 radical (unpaired) electrons. The molecular weight excluding hydrogens is 158 g/mol. The second-order valence-electron chi connectivity index (χ2n) is 3.16. The minimum absolute atomic E-state index is 1.10. The van der Waals surface area contributed by atoms with Crippen molar-refractivity contribution < 1.29 is 0 Å². The Morgan fingerprint density at radius 2 is 1.85 bits per heavy atom. The SMILES string of the molecule is NC=CCCCCc1ccccc1. The highest BCUT2D eigenvalue weighted by molar-refractivity contribution is 5.14. The molecule has 0 heterocycles. The first-order valence-electron chi connectivity index (χ1n) is 4.84. The maximum absolute atomic E-state index is 5.24. The molecule has 1 aromatic carbocycles. The molecule has 70 valence electrons. The largest absolute Gasteiger partial charge is 0.405 e. The van der Waals surface area contributed by atoms with Crippen LogP contribution < -0.4 is 5.73 Å². The Labute approximate surface area is 80.3 Å². The number of allylic oxidation sites excluding steroid dienone is 1. The number of hydrogen-bond donors (Lipinski definition) is 1. The van der Waals surface area contributed by atoms with Gasteiger partial charge in [0.2, 0.25) is 0 Å². The Kier molecular flexibility index (Phi) is 4.77. The lowest BCUT2D eigenvalue weighted by Gasteiger charge is -1.98. The summed E-state index contributed by atoms with van der Waals surface area (Å²) in [6.07, 6.45) is 8.40. The molecule has 0 fully saturated rings. The Morgan fingerprint density at radius 1 is 1.08 bits per heavy atom. The van der Waals surface area contributed by atoms with E-state index in [0.29, 0.717) is 0 Å². The lowest BCUT2D eigenvalue weighted by molar-refractivity contribution is 0.747. The van der Waals surface area contributed by atoms with E-state index < -0.39 is 0 Å². The number of unbranched alkanes of at least 4 members (excludes halogenated alkanes) is 2. The first-order chi connectivity index (χ1) is 6.43. The molecule has 0 aliphatic carbocycles. The maximum atomic E-state index is 5.24. The predicted octanol–water partition coefficient (Wildman–Crippen LogP) is 2.87. The quantitative estimate of drug-likeness (QED) is 0.684. The average Bonchev–Trinajstić information content (AvgIpc) is 2.19. The zero-order valence-corrected chi connectivity index (χ0v) is 7.95. The number of aryl methyl sites for hydroxylation is 1. The van der Waals surface area contributed by atoms with Gasteiger partial charge in [-0.15, -0.1) is 0 Å². The van der Waals surface area contributed by atoms with Gasteiger partial charge in [0.15, 0.2) is 0 Å². The molecule has 1 heteroatoms. The van der Waals surface area contributed by atoms with Gasteiger partial charge >= 0.3 is 0 Å². The summed E-state index contributed by atoms with van der Waals surface area (Å²) in [5.41, 5.74) is 6.67. The van der Waals surface area contributed by atoms with Crippen LogP contribution in [0.5, 0.6) is 0 Å². The van der Waals surface area contributed by atoms with Gasteiger partial charge in [-0.3, -0.25) is 0 Å². The third kappa shape index (κ3) is 4.36. The summed E-state index contributed by atoms with van der Waals surface area (Å²) in [6.45, 7) is 0. The van der Waals surface area contributed by atoms with Crippen LogP contribution in [-0.4, -0.2) is 0 Å². The number of hydrogen-bond acceptors (Lipinski definition) is 1. The van der Waals surface area contributed by atoms with Gasteiger partial charge in [-0.05, 0) is 37.4 Å². The minimum Gasteiger partial charge on any atom is -0.405 e. The molecule has 0 atom stereocenters. The van der Waals surface area contributed by atoms with Gasteiger partial charge in [-0.2, -0.15) is 0 Å². The summed E-state index contributed by atoms with van der Waals surface area (Å²) in [4.78, 5) is 0. The first kappa shape index (κ1) is 9.85. The fourth-order valence-corrected chi connectivity index (χ4v) is 1.33. The smallest absolute Gasteiger partial charge is 0.0103 e. The van der Waals surface area contributed by atoms with Crippen molar-refractivity contribution in [1.29, 1.82) is 0 Å². The standard InChI is InChI=1S/C12H17N/c13-11-7-2-1-4-8-12-9-5-3-6-10-12/h3,5-7,9-11H,1-2,4,8,13H2. The fourth-order valence-electron chi connectivity index (χ4n) is 1.33. The van der Waals surface area contributed by atoms with Crippen molar-refractivity contribution >= 4 is 0 Å². The van der Waals surface area contributed by atoms with Gasteiger partial charge in [0, 0.05) is 0 Å². The highest BCUT2D eigenvalue weighted by Gasteiger charge is 1.90. The zero-order valence-electron chi connectivity index (χ0n) is 7.95. The summed E-state index contributed by atoms with van der Waals surface area (Å²) in [6, 6.07) is 10.6. The average molecular weight is 175 g/mol. The van der Waals surface area contributed by atoms with Crippen LogP contribution >= 0.6 is 0 Å². The van der Waals surface area contributed by atoms with Crippen molar-refractivity contribution in [3.63, 3.8) is 0 Å².